The van der Waals surface area contributed by atoms with E-state index in [-0.39, 0.29) is 23.4 Å². The summed E-state index contributed by atoms with van der Waals surface area (Å²) in [5, 5.41) is 3.53. The molecule has 0 unspecified atom stereocenters. The Morgan fingerprint density at radius 2 is 1.63 bits per heavy atom. The summed E-state index contributed by atoms with van der Waals surface area (Å²) in [6.07, 6.45) is 4.33. The highest BCUT2D eigenvalue weighted by molar-refractivity contribution is 7.92. The number of ether oxygens (including phenoxy) is 1. The summed E-state index contributed by atoms with van der Waals surface area (Å²) in [5.41, 5.74) is 2.16. The smallest absolute Gasteiger partial charge is 0.264 e. The maximum atomic E-state index is 14.3. The number of amides is 2. The first-order valence-electron chi connectivity index (χ1n) is 14.8. The molecule has 1 aliphatic carbocycles. The van der Waals surface area contributed by atoms with E-state index in [1.54, 1.807) is 24.3 Å². The molecule has 0 saturated heterocycles. The molecule has 0 aromatic heterocycles. The van der Waals surface area contributed by atoms with Crippen LogP contribution in [0.4, 0.5) is 5.69 Å². The monoisotopic (exact) mass is 625 g/mol. The number of sulfonamides is 1. The van der Waals surface area contributed by atoms with Gasteiger partial charge in [0.05, 0.1) is 17.2 Å². The van der Waals surface area contributed by atoms with Gasteiger partial charge in [-0.05, 0) is 92.8 Å². The summed E-state index contributed by atoms with van der Waals surface area (Å²) in [6, 6.07) is 19.4. The second kappa shape index (κ2) is 14.8. The molecule has 0 heterocycles. The summed E-state index contributed by atoms with van der Waals surface area (Å²) >= 11 is 6.04. The Morgan fingerprint density at radius 1 is 0.977 bits per heavy atom. The van der Waals surface area contributed by atoms with Crippen molar-refractivity contribution in [2.45, 2.75) is 76.4 Å². The van der Waals surface area contributed by atoms with Gasteiger partial charge in [0, 0.05) is 17.6 Å². The highest BCUT2D eigenvalue weighted by Gasteiger charge is 2.34. The van der Waals surface area contributed by atoms with Gasteiger partial charge in [-0.2, -0.15) is 0 Å². The fourth-order valence-corrected chi connectivity index (χ4v) is 6.94. The number of hydrogen-bond donors (Lipinski definition) is 1. The molecular formula is C33H40ClN3O5S. The van der Waals surface area contributed by atoms with Gasteiger partial charge in [0.15, 0.2) is 0 Å². The Kier molecular flexibility index (Phi) is 11.1. The van der Waals surface area contributed by atoms with Crippen LogP contribution < -0.4 is 14.4 Å². The van der Waals surface area contributed by atoms with Crippen LogP contribution in [0.15, 0.2) is 77.7 Å². The topological polar surface area (TPSA) is 96.0 Å². The van der Waals surface area contributed by atoms with E-state index in [0.29, 0.717) is 29.5 Å². The van der Waals surface area contributed by atoms with Crippen molar-refractivity contribution in [3.8, 4) is 5.75 Å². The third-order valence-electron chi connectivity index (χ3n) is 7.81. The lowest BCUT2D eigenvalue weighted by Gasteiger charge is -2.34. The second-order valence-corrected chi connectivity index (χ2v) is 13.1. The van der Waals surface area contributed by atoms with Crippen LogP contribution in [0.2, 0.25) is 5.02 Å². The van der Waals surface area contributed by atoms with Crippen molar-refractivity contribution >= 4 is 39.1 Å². The van der Waals surface area contributed by atoms with Crippen molar-refractivity contribution < 1.29 is 22.7 Å². The molecule has 10 heteroatoms. The number of nitrogens with one attached hydrogen (secondary N) is 1. The van der Waals surface area contributed by atoms with E-state index in [2.05, 4.69) is 5.32 Å². The molecule has 3 aromatic carbocycles. The van der Waals surface area contributed by atoms with E-state index in [1.807, 2.05) is 45.0 Å². The number of halogens is 1. The Labute approximate surface area is 260 Å². The number of anilines is 1. The van der Waals surface area contributed by atoms with Crippen molar-refractivity contribution in [2.24, 2.45) is 0 Å². The zero-order valence-electron chi connectivity index (χ0n) is 25.0. The fraction of sp³-hybridized carbons (Fsp3) is 0.394. The molecule has 0 spiro atoms. The summed E-state index contributed by atoms with van der Waals surface area (Å²) in [6.45, 7) is 5.80. The number of hydrogen-bond acceptors (Lipinski definition) is 5. The van der Waals surface area contributed by atoms with Gasteiger partial charge in [0.2, 0.25) is 11.8 Å². The summed E-state index contributed by atoms with van der Waals surface area (Å²) in [5.74, 6) is -0.121. The van der Waals surface area contributed by atoms with Crippen molar-refractivity contribution in [3.05, 3.63) is 88.9 Å². The number of nitrogens with zero attached hydrogens (tertiary/aromatic N) is 2. The lowest BCUT2D eigenvalue weighted by atomic mass is 10.1. The van der Waals surface area contributed by atoms with E-state index in [0.717, 1.165) is 41.1 Å². The van der Waals surface area contributed by atoms with Gasteiger partial charge in [0.25, 0.3) is 10.0 Å². The first kappa shape index (κ1) is 32.4. The highest BCUT2D eigenvalue weighted by Crippen LogP contribution is 2.28. The molecule has 230 valence electrons. The summed E-state index contributed by atoms with van der Waals surface area (Å²) < 4.78 is 34.7. The van der Waals surface area contributed by atoms with Crippen molar-refractivity contribution in [1.29, 1.82) is 0 Å². The standard InChI is InChI=1S/C33H40ClN3O5S/c1-4-31(33(39)35-27-12-8-9-13-27)36(22-25-11-7-6-10-24(25)3)32(38)23-37(28-16-18-29(19-17-28)42-5-2)43(40,41)30-20-14-26(34)15-21-30/h6-7,10-11,14-21,27,31H,4-5,8-9,12-13,22-23H2,1-3H3,(H,35,39)/t31-/m0/s1. The highest BCUT2D eigenvalue weighted by atomic mass is 35.5. The number of carbonyl (C=O) groups excluding carboxylic acids is 2. The van der Waals surface area contributed by atoms with Crippen molar-refractivity contribution in [1.82, 2.24) is 10.2 Å². The van der Waals surface area contributed by atoms with Crippen LogP contribution in [-0.2, 0) is 26.2 Å². The molecule has 4 rings (SSSR count). The lowest BCUT2D eigenvalue weighted by molar-refractivity contribution is -0.140. The van der Waals surface area contributed by atoms with E-state index in [4.69, 9.17) is 16.3 Å². The Balaban J connectivity index is 1.72. The molecule has 1 aliphatic rings. The molecule has 2 amide bonds. The number of aryl methyl sites for hydroxylation is 1. The zero-order chi connectivity index (χ0) is 31.0. The third kappa shape index (κ3) is 8.09. The molecule has 1 N–H and O–H groups in total. The molecule has 0 aliphatic heterocycles. The average molecular weight is 626 g/mol. The second-order valence-electron chi connectivity index (χ2n) is 10.8. The maximum Gasteiger partial charge on any atom is 0.264 e. The summed E-state index contributed by atoms with van der Waals surface area (Å²) in [7, 11) is -4.19. The first-order chi connectivity index (χ1) is 20.6. The van der Waals surface area contributed by atoms with Crippen LogP contribution >= 0.6 is 11.6 Å². The predicted octanol–water partition coefficient (Wildman–Crippen LogP) is 6.11. The fourth-order valence-electron chi connectivity index (χ4n) is 5.40. The van der Waals surface area contributed by atoms with Gasteiger partial charge in [-0.1, -0.05) is 55.6 Å². The average Bonchev–Trinajstić information content (AvgIpc) is 3.50. The van der Waals surface area contributed by atoms with Crippen LogP contribution in [0.3, 0.4) is 0 Å². The van der Waals surface area contributed by atoms with Gasteiger partial charge >= 0.3 is 0 Å². The van der Waals surface area contributed by atoms with Crippen LogP contribution in [0, 0.1) is 6.92 Å². The van der Waals surface area contributed by atoms with Gasteiger partial charge in [-0.15, -0.1) is 0 Å². The maximum absolute atomic E-state index is 14.3. The van der Waals surface area contributed by atoms with Crippen LogP contribution in [0.1, 0.15) is 57.1 Å². The number of rotatable bonds is 13. The molecule has 1 fully saturated rings. The number of benzene rings is 3. The summed E-state index contributed by atoms with van der Waals surface area (Å²) in [4.78, 5) is 29.4. The molecule has 0 radical (unpaired) electrons. The van der Waals surface area contributed by atoms with Gasteiger partial charge in [0.1, 0.15) is 18.3 Å². The van der Waals surface area contributed by atoms with Gasteiger partial charge < -0.3 is 15.0 Å². The first-order valence-corrected chi connectivity index (χ1v) is 16.6. The Morgan fingerprint density at radius 3 is 2.23 bits per heavy atom. The molecule has 0 bridgehead atoms. The minimum absolute atomic E-state index is 0.00458. The van der Waals surface area contributed by atoms with E-state index in [9.17, 15) is 18.0 Å². The molecule has 1 atom stereocenters. The molecule has 3 aromatic rings. The zero-order valence-corrected chi connectivity index (χ0v) is 26.5. The molecule has 1 saturated carbocycles. The van der Waals surface area contributed by atoms with Gasteiger partial charge in [-0.25, -0.2) is 8.42 Å². The third-order valence-corrected chi connectivity index (χ3v) is 9.85. The predicted molar refractivity (Wildman–Crippen MR) is 170 cm³/mol. The van der Waals surface area contributed by atoms with Gasteiger partial charge in [-0.3, -0.25) is 13.9 Å². The molecule has 8 nitrogen and oxygen atoms in total. The quantitative estimate of drug-likeness (QED) is 0.247. The van der Waals surface area contributed by atoms with Crippen LogP contribution in [-0.4, -0.2) is 50.4 Å². The minimum Gasteiger partial charge on any atom is -0.494 e. The van der Waals surface area contributed by atoms with E-state index >= 15 is 0 Å². The van der Waals surface area contributed by atoms with Crippen LogP contribution in [0.5, 0.6) is 5.75 Å². The Hall–Kier alpha value is -3.56. The normalized spacial score (nSPS) is 14.2. The van der Waals surface area contributed by atoms with Crippen molar-refractivity contribution in [3.63, 3.8) is 0 Å². The lowest BCUT2D eigenvalue weighted by Crippen LogP contribution is -2.53. The van der Waals surface area contributed by atoms with Crippen molar-refractivity contribution in [2.75, 3.05) is 17.5 Å². The minimum atomic E-state index is -4.19. The SMILES string of the molecule is CCOc1ccc(N(CC(=O)N(Cc2ccccc2C)[C@@H](CC)C(=O)NC2CCCC2)S(=O)(=O)c2ccc(Cl)cc2)cc1. The molecule has 43 heavy (non-hydrogen) atoms. The Bertz CT molecular complexity index is 1490. The van der Waals surface area contributed by atoms with Crippen LogP contribution in [0.25, 0.3) is 0 Å². The largest absolute Gasteiger partial charge is 0.494 e. The number of carbonyl (C=O) groups is 2. The van der Waals surface area contributed by atoms with E-state index in [1.165, 1.54) is 29.2 Å². The molecular weight excluding hydrogens is 586 g/mol. The van der Waals surface area contributed by atoms with E-state index < -0.39 is 28.5 Å².